The Morgan fingerprint density at radius 1 is 1.29 bits per heavy atom. The molecule has 1 N–H and O–H groups in total. The second-order valence-corrected chi connectivity index (χ2v) is 8.77. The average Bonchev–Trinajstić information content (AvgIpc) is 3.00. The van der Waals surface area contributed by atoms with E-state index in [1.807, 2.05) is 4.90 Å². The molecule has 2 unspecified atom stereocenters. The van der Waals surface area contributed by atoms with Crippen molar-refractivity contribution in [2.24, 2.45) is 5.92 Å². The van der Waals surface area contributed by atoms with Gasteiger partial charge in [-0.15, -0.1) is 0 Å². The van der Waals surface area contributed by atoms with Crippen molar-refractivity contribution in [1.29, 1.82) is 0 Å². The Morgan fingerprint density at radius 3 is 2.52 bits per heavy atom. The molecule has 1 saturated heterocycles. The molecule has 1 aliphatic carbocycles. The number of hydrogen-bond acceptors (Lipinski definition) is 4. The lowest BCUT2D eigenvalue weighted by molar-refractivity contribution is -0.130. The summed E-state index contributed by atoms with van der Waals surface area (Å²) < 4.78 is 22.5. The number of carbonyl (C=O) groups is 1. The normalized spacial score (nSPS) is 27.7. The summed E-state index contributed by atoms with van der Waals surface area (Å²) in [5.41, 5.74) is 0. The zero-order valence-corrected chi connectivity index (χ0v) is 14.0. The smallest absolute Gasteiger partial charge is 0.241 e. The van der Waals surface area contributed by atoms with Gasteiger partial charge >= 0.3 is 0 Å². The third-order valence-corrected chi connectivity index (χ3v) is 5.66. The fourth-order valence-corrected chi connectivity index (χ4v) is 4.26. The number of rotatable bonds is 7. The molecule has 2 rings (SSSR count). The molecule has 21 heavy (non-hydrogen) atoms. The quantitative estimate of drug-likeness (QED) is 0.773. The Kier molecular flexibility index (Phi) is 5.66. The minimum atomic E-state index is -2.95. The zero-order valence-electron chi connectivity index (χ0n) is 13.2. The first-order valence-corrected chi connectivity index (χ1v) is 10.2. The molecule has 1 amide bonds. The molecule has 122 valence electrons. The van der Waals surface area contributed by atoms with Crippen molar-refractivity contribution in [2.75, 3.05) is 18.6 Å². The highest BCUT2D eigenvalue weighted by Gasteiger charge is 2.42. The first kappa shape index (κ1) is 16.7. The highest BCUT2D eigenvalue weighted by Crippen LogP contribution is 2.32. The van der Waals surface area contributed by atoms with Crippen LogP contribution in [0.15, 0.2) is 0 Å². The van der Waals surface area contributed by atoms with E-state index in [1.54, 1.807) is 0 Å². The first-order valence-electron chi connectivity index (χ1n) is 8.16. The minimum Gasteiger partial charge on any atom is -0.325 e. The maximum absolute atomic E-state index is 12.5. The highest BCUT2D eigenvalue weighted by molar-refractivity contribution is 7.90. The molecule has 0 bridgehead atoms. The van der Waals surface area contributed by atoms with E-state index in [1.165, 1.54) is 31.9 Å². The molecule has 2 aliphatic rings. The summed E-state index contributed by atoms with van der Waals surface area (Å²) in [5.74, 6) is 0.864. The van der Waals surface area contributed by atoms with Crippen LogP contribution in [-0.2, 0) is 14.6 Å². The molecule has 1 aliphatic heterocycles. The van der Waals surface area contributed by atoms with Gasteiger partial charge in [-0.05, 0) is 31.6 Å². The lowest BCUT2D eigenvalue weighted by Gasteiger charge is -2.29. The van der Waals surface area contributed by atoms with Gasteiger partial charge in [-0.1, -0.05) is 26.2 Å². The van der Waals surface area contributed by atoms with E-state index < -0.39 is 9.84 Å². The maximum atomic E-state index is 12.5. The van der Waals surface area contributed by atoms with Gasteiger partial charge in [0.15, 0.2) is 0 Å². The molecule has 0 aromatic rings. The molecule has 6 heteroatoms. The monoisotopic (exact) mass is 316 g/mol. The van der Waals surface area contributed by atoms with Crippen LogP contribution in [0.5, 0.6) is 0 Å². The zero-order chi connectivity index (χ0) is 15.5. The first-order chi connectivity index (χ1) is 9.92. The van der Waals surface area contributed by atoms with Crippen LogP contribution in [0, 0.1) is 5.92 Å². The van der Waals surface area contributed by atoms with Gasteiger partial charge in [0.2, 0.25) is 5.91 Å². The van der Waals surface area contributed by atoms with Crippen molar-refractivity contribution < 1.29 is 13.2 Å². The summed E-state index contributed by atoms with van der Waals surface area (Å²) in [4.78, 5) is 14.5. The second-order valence-electron chi connectivity index (χ2n) is 6.51. The Bertz CT molecular complexity index is 458. The largest absolute Gasteiger partial charge is 0.325 e. The molecular weight excluding hydrogens is 288 g/mol. The summed E-state index contributed by atoms with van der Waals surface area (Å²) >= 11 is 0. The molecule has 0 aromatic carbocycles. The Hall–Kier alpha value is -0.620. The van der Waals surface area contributed by atoms with Crippen molar-refractivity contribution >= 4 is 15.7 Å². The van der Waals surface area contributed by atoms with Gasteiger partial charge in [0.25, 0.3) is 0 Å². The summed E-state index contributed by atoms with van der Waals surface area (Å²) in [5, 5.41) is 3.51. The van der Waals surface area contributed by atoms with E-state index in [9.17, 15) is 13.2 Å². The Balaban J connectivity index is 2.00. The summed E-state index contributed by atoms with van der Waals surface area (Å²) in [6, 6.07) is -0.0705. The highest BCUT2D eigenvalue weighted by atomic mass is 32.2. The van der Waals surface area contributed by atoms with Crippen LogP contribution < -0.4 is 5.32 Å². The minimum absolute atomic E-state index is 0.0705. The number of amides is 1. The number of nitrogens with one attached hydrogen (secondary N) is 1. The van der Waals surface area contributed by atoms with E-state index in [-0.39, 0.29) is 23.9 Å². The van der Waals surface area contributed by atoms with Gasteiger partial charge in [-0.2, -0.15) is 0 Å². The van der Waals surface area contributed by atoms with Crippen LogP contribution in [0.1, 0.15) is 51.9 Å². The Morgan fingerprint density at radius 2 is 1.95 bits per heavy atom. The van der Waals surface area contributed by atoms with Crippen molar-refractivity contribution in [3.05, 3.63) is 0 Å². The predicted octanol–water partition coefficient (Wildman–Crippen LogP) is 1.54. The van der Waals surface area contributed by atoms with Crippen LogP contribution in [0.4, 0.5) is 0 Å². The van der Waals surface area contributed by atoms with Gasteiger partial charge in [0.05, 0.1) is 18.0 Å². The molecule has 2 fully saturated rings. The number of sulfone groups is 1. The molecule has 2 atom stereocenters. The third kappa shape index (κ3) is 4.42. The molecule has 1 saturated carbocycles. The van der Waals surface area contributed by atoms with Gasteiger partial charge < -0.3 is 4.90 Å². The van der Waals surface area contributed by atoms with Gasteiger partial charge in [-0.3, -0.25) is 10.1 Å². The van der Waals surface area contributed by atoms with Gasteiger partial charge in [0, 0.05) is 12.8 Å². The van der Waals surface area contributed by atoms with E-state index in [0.717, 1.165) is 12.8 Å². The van der Waals surface area contributed by atoms with Crippen molar-refractivity contribution in [3.63, 3.8) is 0 Å². The topological polar surface area (TPSA) is 66.5 Å². The van der Waals surface area contributed by atoms with Crippen molar-refractivity contribution in [1.82, 2.24) is 10.2 Å². The van der Waals surface area contributed by atoms with E-state index >= 15 is 0 Å². The van der Waals surface area contributed by atoms with E-state index in [4.69, 9.17) is 0 Å². The van der Waals surface area contributed by atoms with Crippen LogP contribution in [0.3, 0.4) is 0 Å². The van der Waals surface area contributed by atoms with Crippen molar-refractivity contribution in [3.8, 4) is 0 Å². The van der Waals surface area contributed by atoms with E-state index in [2.05, 4.69) is 12.2 Å². The molecule has 5 nitrogen and oxygen atoms in total. The molecule has 0 spiro atoms. The Labute approximate surface area is 128 Å². The number of carbonyl (C=O) groups excluding carboxylic acids is 1. The standard InChI is InChI=1S/C15H28N2O3S/c1-3-7-13-15(18)17(10-6-11-21(2,19)20)14(16-13)12-8-4-5-9-12/h12-14,16H,3-11H2,1-2H3. The van der Waals surface area contributed by atoms with Gasteiger partial charge in [-0.25, -0.2) is 8.42 Å². The lowest BCUT2D eigenvalue weighted by atomic mass is 10.0. The third-order valence-electron chi connectivity index (χ3n) is 4.63. The van der Waals surface area contributed by atoms with E-state index in [0.29, 0.717) is 18.9 Å². The SMILES string of the molecule is CCCC1NC(C2CCCC2)N(CCCS(C)(=O)=O)C1=O. The second kappa shape index (κ2) is 7.09. The van der Waals surface area contributed by atoms with Crippen LogP contribution in [0.25, 0.3) is 0 Å². The van der Waals surface area contributed by atoms with Crippen LogP contribution >= 0.6 is 0 Å². The average molecular weight is 316 g/mol. The predicted molar refractivity (Wildman–Crippen MR) is 83.6 cm³/mol. The summed E-state index contributed by atoms with van der Waals surface area (Å²) in [6.07, 6.45) is 8.59. The fraction of sp³-hybridized carbons (Fsp3) is 0.933. The maximum Gasteiger partial charge on any atom is 0.241 e. The number of hydrogen-bond donors (Lipinski definition) is 1. The summed E-state index contributed by atoms with van der Waals surface area (Å²) in [6.45, 7) is 2.64. The van der Waals surface area contributed by atoms with Gasteiger partial charge in [0.1, 0.15) is 9.84 Å². The van der Waals surface area contributed by atoms with Crippen LogP contribution in [-0.4, -0.2) is 50.0 Å². The number of nitrogens with zero attached hydrogens (tertiary/aromatic N) is 1. The molecule has 0 aromatic heterocycles. The molecular formula is C15H28N2O3S. The fourth-order valence-electron chi connectivity index (χ4n) is 3.61. The van der Waals surface area contributed by atoms with Crippen molar-refractivity contribution in [2.45, 2.75) is 64.1 Å². The molecule has 0 radical (unpaired) electrons. The summed E-state index contributed by atoms with van der Waals surface area (Å²) in [7, 11) is -2.95. The molecule has 1 heterocycles. The lowest BCUT2D eigenvalue weighted by Crippen LogP contribution is -2.43. The van der Waals surface area contributed by atoms with Crippen LogP contribution in [0.2, 0.25) is 0 Å².